The van der Waals surface area contributed by atoms with Crippen molar-refractivity contribution < 1.29 is 4.79 Å². The van der Waals surface area contributed by atoms with Crippen molar-refractivity contribution in [3.63, 3.8) is 0 Å². The van der Waals surface area contributed by atoms with Crippen LogP contribution in [-0.4, -0.2) is 23.4 Å². The molecule has 1 saturated heterocycles. The Morgan fingerprint density at radius 2 is 2.24 bits per heavy atom. The fourth-order valence-corrected chi connectivity index (χ4v) is 3.04. The number of thiophene rings is 1. The van der Waals surface area contributed by atoms with Gasteiger partial charge < -0.3 is 4.90 Å². The van der Waals surface area contributed by atoms with Crippen LogP contribution in [0.5, 0.6) is 0 Å². The lowest BCUT2D eigenvalue weighted by Crippen LogP contribution is -2.31. The van der Waals surface area contributed by atoms with E-state index in [0.717, 1.165) is 25.8 Å². The van der Waals surface area contributed by atoms with Crippen LogP contribution in [0.25, 0.3) is 0 Å². The molecule has 0 radical (unpaired) electrons. The van der Waals surface area contributed by atoms with Crippen molar-refractivity contribution in [1.82, 2.24) is 10.2 Å². The van der Waals surface area contributed by atoms with Crippen molar-refractivity contribution >= 4 is 17.2 Å². The summed E-state index contributed by atoms with van der Waals surface area (Å²) < 4.78 is 0. The number of hydrogen-bond donors (Lipinski definition) is 1. The third kappa shape index (κ3) is 2.53. The van der Waals surface area contributed by atoms with Crippen LogP contribution in [-0.2, 0) is 4.79 Å². The zero-order valence-corrected chi connectivity index (χ0v) is 11.3. The SMILES string of the molecule is CCCC1NC(c2ccsc2)N(CCC)C1=O. The second-order valence-electron chi connectivity index (χ2n) is 4.50. The van der Waals surface area contributed by atoms with E-state index < -0.39 is 0 Å². The van der Waals surface area contributed by atoms with E-state index in [0.29, 0.717) is 0 Å². The Labute approximate surface area is 107 Å². The molecule has 2 rings (SSSR count). The monoisotopic (exact) mass is 252 g/mol. The van der Waals surface area contributed by atoms with Crippen LogP contribution in [0.3, 0.4) is 0 Å². The summed E-state index contributed by atoms with van der Waals surface area (Å²) in [5.41, 5.74) is 1.22. The van der Waals surface area contributed by atoms with E-state index in [2.05, 4.69) is 36.0 Å². The molecule has 0 aromatic carbocycles. The lowest BCUT2D eigenvalue weighted by atomic mass is 10.2. The Balaban J connectivity index is 2.16. The molecule has 4 heteroatoms. The van der Waals surface area contributed by atoms with Gasteiger partial charge in [-0.25, -0.2) is 0 Å². The predicted octanol–water partition coefficient (Wildman–Crippen LogP) is 2.76. The summed E-state index contributed by atoms with van der Waals surface area (Å²) in [5, 5.41) is 7.66. The second-order valence-corrected chi connectivity index (χ2v) is 5.28. The van der Waals surface area contributed by atoms with Crippen LogP contribution in [0.15, 0.2) is 16.8 Å². The van der Waals surface area contributed by atoms with Crippen LogP contribution in [0.1, 0.15) is 44.8 Å². The summed E-state index contributed by atoms with van der Waals surface area (Å²) in [7, 11) is 0. The summed E-state index contributed by atoms with van der Waals surface area (Å²) in [6, 6.07) is 2.11. The van der Waals surface area contributed by atoms with Crippen LogP contribution >= 0.6 is 11.3 Å². The minimum Gasteiger partial charge on any atom is -0.322 e. The van der Waals surface area contributed by atoms with Crippen molar-refractivity contribution in [1.29, 1.82) is 0 Å². The average Bonchev–Trinajstić information content (AvgIpc) is 2.92. The molecule has 0 aliphatic carbocycles. The number of amides is 1. The Bertz CT molecular complexity index is 364. The van der Waals surface area contributed by atoms with Gasteiger partial charge in [0, 0.05) is 6.54 Å². The molecular weight excluding hydrogens is 232 g/mol. The van der Waals surface area contributed by atoms with Gasteiger partial charge in [-0.15, -0.1) is 0 Å². The maximum absolute atomic E-state index is 12.3. The zero-order chi connectivity index (χ0) is 12.3. The summed E-state index contributed by atoms with van der Waals surface area (Å²) in [4.78, 5) is 14.2. The number of nitrogens with one attached hydrogen (secondary N) is 1. The lowest BCUT2D eigenvalue weighted by Gasteiger charge is -2.22. The van der Waals surface area contributed by atoms with Crippen molar-refractivity contribution in [2.24, 2.45) is 0 Å². The molecule has 1 fully saturated rings. The largest absolute Gasteiger partial charge is 0.322 e. The van der Waals surface area contributed by atoms with E-state index >= 15 is 0 Å². The van der Waals surface area contributed by atoms with Gasteiger partial charge >= 0.3 is 0 Å². The van der Waals surface area contributed by atoms with E-state index in [1.807, 2.05) is 4.90 Å². The quantitative estimate of drug-likeness (QED) is 0.874. The summed E-state index contributed by atoms with van der Waals surface area (Å²) in [5.74, 6) is 0.268. The van der Waals surface area contributed by atoms with E-state index in [-0.39, 0.29) is 18.1 Å². The molecule has 1 aliphatic rings. The number of rotatable bonds is 5. The Hall–Kier alpha value is -0.870. The van der Waals surface area contributed by atoms with Gasteiger partial charge in [-0.05, 0) is 35.2 Å². The smallest absolute Gasteiger partial charge is 0.241 e. The highest BCUT2D eigenvalue weighted by Gasteiger charge is 2.38. The van der Waals surface area contributed by atoms with E-state index in [4.69, 9.17) is 0 Å². The summed E-state index contributed by atoms with van der Waals surface area (Å²) >= 11 is 1.68. The van der Waals surface area contributed by atoms with E-state index in [1.54, 1.807) is 11.3 Å². The number of carbonyl (C=O) groups is 1. The minimum atomic E-state index is 0.0106. The molecule has 2 heterocycles. The summed E-state index contributed by atoms with van der Waals surface area (Å²) in [6.45, 7) is 5.08. The Kier molecular flexibility index (Phi) is 4.18. The van der Waals surface area contributed by atoms with E-state index in [9.17, 15) is 4.79 Å². The average molecular weight is 252 g/mol. The molecule has 1 aromatic heterocycles. The van der Waals surface area contributed by atoms with Crippen LogP contribution in [0.4, 0.5) is 0 Å². The Morgan fingerprint density at radius 3 is 2.82 bits per heavy atom. The molecule has 17 heavy (non-hydrogen) atoms. The predicted molar refractivity (Wildman–Crippen MR) is 70.9 cm³/mol. The first-order chi connectivity index (χ1) is 8.27. The molecule has 1 aliphatic heterocycles. The molecule has 1 aromatic rings. The van der Waals surface area contributed by atoms with Gasteiger partial charge in [0.2, 0.25) is 5.91 Å². The van der Waals surface area contributed by atoms with Crippen LogP contribution in [0.2, 0.25) is 0 Å². The van der Waals surface area contributed by atoms with Gasteiger partial charge in [-0.3, -0.25) is 10.1 Å². The lowest BCUT2D eigenvalue weighted by molar-refractivity contribution is -0.130. The Morgan fingerprint density at radius 1 is 1.41 bits per heavy atom. The fraction of sp³-hybridized carbons (Fsp3) is 0.615. The maximum Gasteiger partial charge on any atom is 0.241 e. The highest BCUT2D eigenvalue weighted by atomic mass is 32.1. The van der Waals surface area contributed by atoms with Crippen LogP contribution < -0.4 is 5.32 Å². The molecule has 94 valence electrons. The zero-order valence-electron chi connectivity index (χ0n) is 10.5. The van der Waals surface area contributed by atoms with E-state index in [1.165, 1.54) is 5.56 Å². The first-order valence-electron chi connectivity index (χ1n) is 6.36. The van der Waals surface area contributed by atoms with Gasteiger partial charge in [0.25, 0.3) is 0 Å². The minimum absolute atomic E-state index is 0.0106. The summed E-state index contributed by atoms with van der Waals surface area (Å²) in [6.07, 6.45) is 3.07. The van der Waals surface area contributed by atoms with Gasteiger partial charge in [-0.1, -0.05) is 20.3 Å². The first kappa shape index (κ1) is 12.6. The van der Waals surface area contributed by atoms with Gasteiger partial charge in [-0.2, -0.15) is 11.3 Å². The van der Waals surface area contributed by atoms with Crippen molar-refractivity contribution in [3.8, 4) is 0 Å². The third-order valence-corrected chi connectivity index (χ3v) is 3.85. The third-order valence-electron chi connectivity index (χ3n) is 3.15. The molecule has 1 N–H and O–H groups in total. The number of carbonyl (C=O) groups excluding carboxylic acids is 1. The van der Waals surface area contributed by atoms with Gasteiger partial charge in [0.1, 0.15) is 6.17 Å². The first-order valence-corrected chi connectivity index (χ1v) is 7.30. The fourth-order valence-electron chi connectivity index (χ4n) is 2.36. The van der Waals surface area contributed by atoms with Gasteiger partial charge in [0.15, 0.2) is 0 Å². The van der Waals surface area contributed by atoms with Crippen LogP contribution in [0, 0.1) is 0 Å². The van der Waals surface area contributed by atoms with Crippen molar-refractivity contribution in [2.45, 2.75) is 45.3 Å². The molecule has 2 unspecified atom stereocenters. The second kappa shape index (κ2) is 5.65. The maximum atomic E-state index is 12.3. The number of nitrogens with zero attached hydrogens (tertiary/aromatic N) is 1. The molecule has 2 atom stereocenters. The topological polar surface area (TPSA) is 32.3 Å². The number of hydrogen-bond acceptors (Lipinski definition) is 3. The van der Waals surface area contributed by atoms with Gasteiger partial charge in [0.05, 0.1) is 6.04 Å². The molecule has 3 nitrogen and oxygen atoms in total. The highest BCUT2D eigenvalue weighted by Crippen LogP contribution is 2.28. The van der Waals surface area contributed by atoms with Crippen molar-refractivity contribution in [3.05, 3.63) is 22.4 Å². The molecule has 0 bridgehead atoms. The molecule has 1 amide bonds. The highest BCUT2D eigenvalue weighted by molar-refractivity contribution is 7.07. The molecular formula is C13H20N2OS. The molecule has 0 spiro atoms. The normalized spacial score (nSPS) is 24.6. The standard InChI is InChI=1S/C13H20N2OS/c1-3-5-11-13(16)15(7-4-2)12(14-11)10-6-8-17-9-10/h6,8-9,11-12,14H,3-5,7H2,1-2H3. The molecule has 0 saturated carbocycles. The van der Waals surface area contributed by atoms with Crippen molar-refractivity contribution in [2.75, 3.05) is 6.54 Å².